The number of nitrogens with zero attached hydrogens (tertiary/aromatic N) is 2. The zero-order valence-electron chi connectivity index (χ0n) is 14.5. The van der Waals surface area contributed by atoms with Crippen LogP contribution in [-0.2, 0) is 9.53 Å². The van der Waals surface area contributed by atoms with Crippen LogP contribution in [0.3, 0.4) is 0 Å². The minimum atomic E-state index is -0.127. The van der Waals surface area contributed by atoms with Gasteiger partial charge in [-0.1, -0.05) is 30.0 Å². The van der Waals surface area contributed by atoms with Crippen molar-refractivity contribution in [3.8, 4) is 5.69 Å². The van der Waals surface area contributed by atoms with E-state index in [-0.39, 0.29) is 23.3 Å². The first kappa shape index (κ1) is 18.6. The van der Waals surface area contributed by atoms with Gasteiger partial charge in [0.15, 0.2) is 5.16 Å². The summed E-state index contributed by atoms with van der Waals surface area (Å²) in [6.45, 7) is 2.33. The van der Waals surface area contributed by atoms with E-state index >= 15 is 0 Å². The van der Waals surface area contributed by atoms with Gasteiger partial charge in [-0.2, -0.15) is 0 Å². The molecule has 0 spiro atoms. The molecule has 2 aromatic heterocycles. The van der Waals surface area contributed by atoms with E-state index in [0.29, 0.717) is 22.0 Å². The fourth-order valence-electron chi connectivity index (χ4n) is 2.53. The largest absolute Gasteiger partial charge is 0.383 e. The van der Waals surface area contributed by atoms with Crippen LogP contribution in [0.1, 0.15) is 6.92 Å². The van der Waals surface area contributed by atoms with Crippen LogP contribution >= 0.6 is 23.1 Å². The molecule has 0 unspecified atom stereocenters. The number of hydrogen-bond acceptors (Lipinski definition) is 6. The van der Waals surface area contributed by atoms with E-state index in [2.05, 4.69) is 10.3 Å². The van der Waals surface area contributed by atoms with Crippen molar-refractivity contribution in [3.63, 3.8) is 0 Å². The van der Waals surface area contributed by atoms with Crippen molar-refractivity contribution in [3.05, 3.63) is 52.1 Å². The summed E-state index contributed by atoms with van der Waals surface area (Å²) >= 11 is 2.66. The highest BCUT2D eigenvalue weighted by molar-refractivity contribution is 7.99. The van der Waals surface area contributed by atoms with Crippen LogP contribution in [-0.4, -0.2) is 41.0 Å². The van der Waals surface area contributed by atoms with Gasteiger partial charge >= 0.3 is 0 Å². The first-order chi connectivity index (χ1) is 12.6. The van der Waals surface area contributed by atoms with Gasteiger partial charge in [0, 0.05) is 13.2 Å². The zero-order chi connectivity index (χ0) is 18.5. The Balaban J connectivity index is 1.90. The summed E-state index contributed by atoms with van der Waals surface area (Å²) in [6.07, 6.45) is 0. The SMILES string of the molecule is COC[C@@H](C)NC(=O)CSc1nc2sccc2c(=O)n1-c1ccccc1. The summed E-state index contributed by atoms with van der Waals surface area (Å²) in [7, 11) is 1.59. The number of carbonyl (C=O) groups excluding carboxylic acids is 1. The summed E-state index contributed by atoms with van der Waals surface area (Å²) in [5.74, 6) is 0.0456. The fraction of sp³-hybridized carbons (Fsp3) is 0.278. The molecule has 1 aromatic carbocycles. The average Bonchev–Trinajstić information content (AvgIpc) is 3.10. The highest BCUT2D eigenvalue weighted by Gasteiger charge is 2.16. The van der Waals surface area contributed by atoms with Crippen molar-refractivity contribution < 1.29 is 9.53 Å². The molecular formula is C18H19N3O3S2. The standard InChI is InChI=1S/C18H19N3O3S2/c1-12(10-24-2)19-15(22)11-26-18-20-16-14(8-9-25-16)17(23)21(18)13-6-4-3-5-7-13/h3-9,12H,10-11H2,1-2H3,(H,19,22)/t12-/m1/s1. The lowest BCUT2D eigenvalue weighted by atomic mass is 10.3. The number of amides is 1. The van der Waals surface area contributed by atoms with Gasteiger partial charge in [-0.3, -0.25) is 14.2 Å². The van der Waals surface area contributed by atoms with E-state index in [1.807, 2.05) is 42.6 Å². The Morgan fingerprint density at radius 1 is 1.35 bits per heavy atom. The molecule has 0 fully saturated rings. The number of rotatable bonds is 7. The molecule has 0 aliphatic heterocycles. The minimum absolute atomic E-state index is 0.0721. The first-order valence-corrected chi connectivity index (χ1v) is 9.93. The Morgan fingerprint density at radius 3 is 2.85 bits per heavy atom. The first-order valence-electron chi connectivity index (χ1n) is 8.07. The Hall–Kier alpha value is -2.16. The molecule has 1 atom stereocenters. The molecule has 3 aromatic rings. The molecule has 8 heteroatoms. The van der Waals surface area contributed by atoms with Gasteiger partial charge in [0.2, 0.25) is 5.91 Å². The highest BCUT2D eigenvalue weighted by Crippen LogP contribution is 2.23. The molecule has 1 N–H and O–H groups in total. The number of benzene rings is 1. The lowest BCUT2D eigenvalue weighted by Crippen LogP contribution is -2.36. The molecule has 0 radical (unpaired) electrons. The predicted octanol–water partition coefficient (Wildman–Crippen LogP) is 2.69. The highest BCUT2D eigenvalue weighted by atomic mass is 32.2. The average molecular weight is 390 g/mol. The maximum absolute atomic E-state index is 12.9. The fourth-order valence-corrected chi connectivity index (χ4v) is 4.16. The van der Waals surface area contributed by atoms with Gasteiger partial charge < -0.3 is 10.1 Å². The lowest BCUT2D eigenvalue weighted by molar-refractivity contribution is -0.119. The van der Waals surface area contributed by atoms with E-state index in [9.17, 15) is 9.59 Å². The van der Waals surface area contributed by atoms with Crippen molar-refractivity contribution in [1.29, 1.82) is 0 Å². The molecule has 1 amide bonds. The van der Waals surface area contributed by atoms with Gasteiger partial charge in [-0.25, -0.2) is 4.98 Å². The molecule has 0 bridgehead atoms. The van der Waals surface area contributed by atoms with Crippen LogP contribution in [0.5, 0.6) is 0 Å². The van der Waals surface area contributed by atoms with Crippen LogP contribution in [0.25, 0.3) is 15.9 Å². The summed E-state index contributed by atoms with van der Waals surface area (Å²) in [5, 5.41) is 5.80. The maximum atomic E-state index is 12.9. The molecule has 0 aliphatic rings. The summed E-state index contributed by atoms with van der Waals surface area (Å²) in [4.78, 5) is 30.3. The number of thiophene rings is 1. The number of para-hydroxylation sites is 1. The van der Waals surface area contributed by atoms with Crippen LogP contribution in [0, 0.1) is 0 Å². The molecule has 26 heavy (non-hydrogen) atoms. The number of aromatic nitrogens is 2. The number of carbonyl (C=O) groups is 1. The molecular weight excluding hydrogens is 370 g/mol. The quantitative estimate of drug-likeness (QED) is 0.497. The van der Waals surface area contributed by atoms with E-state index < -0.39 is 0 Å². The maximum Gasteiger partial charge on any atom is 0.267 e. The topological polar surface area (TPSA) is 73.2 Å². The third-order valence-electron chi connectivity index (χ3n) is 3.64. The van der Waals surface area contributed by atoms with E-state index in [1.54, 1.807) is 17.7 Å². The van der Waals surface area contributed by atoms with Crippen LogP contribution in [0.15, 0.2) is 51.7 Å². The number of methoxy groups -OCH3 is 1. The zero-order valence-corrected chi connectivity index (χ0v) is 16.1. The Morgan fingerprint density at radius 2 is 2.12 bits per heavy atom. The molecule has 6 nitrogen and oxygen atoms in total. The molecule has 0 saturated carbocycles. The Kier molecular flexibility index (Phi) is 6.08. The second kappa shape index (κ2) is 8.48. The third-order valence-corrected chi connectivity index (χ3v) is 5.38. The third kappa shape index (κ3) is 4.14. The number of thioether (sulfide) groups is 1. The second-order valence-corrected chi connectivity index (χ2v) is 7.56. The van der Waals surface area contributed by atoms with Crippen LogP contribution in [0.2, 0.25) is 0 Å². The summed E-state index contributed by atoms with van der Waals surface area (Å²) in [6, 6.07) is 11.0. The normalized spacial score (nSPS) is 12.2. The van der Waals surface area contributed by atoms with Gasteiger partial charge in [0.25, 0.3) is 5.56 Å². The number of hydrogen-bond donors (Lipinski definition) is 1. The van der Waals surface area contributed by atoms with E-state index in [1.165, 1.54) is 23.1 Å². The summed E-state index contributed by atoms with van der Waals surface area (Å²) < 4.78 is 6.58. The molecule has 2 heterocycles. The molecule has 3 rings (SSSR count). The van der Waals surface area contributed by atoms with Crippen molar-refractivity contribution in [2.45, 2.75) is 18.1 Å². The molecule has 0 saturated heterocycles. The number of nitrogens with one attached hydrogen (secondary N) is 1. The monoisotopic (exact) mass is 389 g/mol. The smallest absolute Gasteiger partial charge is 0.267 e. The van der Waals surface area contributed by atoms with Crippen molar-refractivity contribution >= 4 is 39.2 Å². The van der Waals surface area contributed by atoms with Crippen molar-refractivity contribution in [2.24, 2.45) is 0 Å². The minimum Gasteiger partial charge on any atom is -0.383 e. The number of fused-ring (bicyclic) bond motifs is 1. The van der Waals surface area contributed by atoms with Crippen molar-refractivity contribution in [1.82, 2.24) is 14.9 Å². The summed E-state index contributed by atoms with van der Waals surface area (Å²) in [5.41, 5.74) is 0.604. The van der Waals surface area contributed by atoms with Crippen molar-refractivity contribution in [2.75, 3.05) is 19.5 Å². The second-order valence-electron chi connectivity index (χ2n) is 5.72. The van der Waals surface area contributed by atoms with E-state index in [4.69, 9.17) is 4.74 Å². The van der Waals surface area contributed by atoms with Gasteiger partial charge in [-0.15, -0.1) is 11.3 Å². The van der Waals surface area contributed by atoms with Crippen LogP contribution in [0.4, 0.5) is 0 Å². The molecule has 136 valence electrons. The van der Waals surface area contributed by atoms with Crippen LogP contribution < -0.4 is 10.9 Å². The van der Waals surface area contributed by atoms with Gasteiger partial charge in [-0.05, 0) is 30.5 Å². The Labute approximate surface area is 159 Å². The van der Waals surface area contributed by atoms with Gasteiger partial charge in [0.1, 0.15) is 4.83 Å². The van der Waals surface area contributed by atoms with Gasteiger partial charge in [0.05, 0.1) is 23.4 Å². The predicted molar refractivity (Wildman–Crippen MR) is 105 cm³/mol. The Bertz CT molecular complexity index is 953. The lowest BCUT2D eigenvalue weighted by Gasteiger charge is -2.14. The molecule has 0 aliphatic carbocycles. The van der Waals surface area contributed by atoms with E-state index in [0.717, 1.165) is 5.69 Å². The number of ether oxygens (including phenoxy) is 1.